The summed E-state index contributed by atoms with van der Waals surface area (Å²) in [5, 5.41) is 10.6. The Kier molecular flexibility index (Phi) is 36.1. The van der Waals surface area contributed by atoms with E-state index in [0.717, 1.165) is 171 Å². The fourth-order valence-corrected chi connectivity index (χ4v) is 29.0. The first-order chi connectivity index (χ1) is 66.1. The van der Waals surface area contributed by atoms with Crippen molar-refractivity contribution in [2.75, 3.05) is 20.0 Å². The van der Waals surface area contributed by atoms with Crippen molar-refractivity contribution in [3.8, 4) is 0 Å². The number of ether oxygens (including phenoxy) is 13. The lowest BCUT2D eigenvalue weighted by Crippen LogP contribution is -2.62. The first kappa shape index (κ1) is 115. The monoisotopic (exact) mass is 2000 g/mol. The molecule has 1 N–H and O–H groups in total. The molecule has 142 heavy (non-hydrogen) atoms. The van der Waals surface area contributed by atoms with Crippen LogP contribution >= 0.6 is 0 Å². The van der Waals surface area contributed by atoms with Crippen LogP contribution in [0.3, 0.4) is 0 Å². The van der Waals surface area contributed by atoms with Crippen LogP contribution < -0.4 is 0 Å². The second-order valence-electron chi connectivity index (χ2n) is 54.6. The van der Waals surface area contributed by atoms with Gasteiger partial charge in [-0.25, -0.2) is 9.59 Å². The molecule has 24 heteroatoms. The van der Waals surface area contributed by atoms with Crippen molar-refractivity contribution >= 4 is 59.9 Å². The quantitative estimate of drug-likeness (QED) is 0.0302. The summed E-state index contributed by atoms with van der Waals surface area (Å²) in [5.41, 5.74) is -6.15. The first-order valence-corrected chi connectivity index (χ1v) is 56.9. The number of cyclic esters (lactones) is 1. The molecule has 0 aromatic rings. The van der Waals surface area contributed by atoms with Crippen molar-refractivity contribution in [3.05, 3.63) is 0 Å². The van der Waals surface area contributed by atoms with Crippen LogP contribution in [0.2, 0.25) is 0 Å². The standard InChI is InChI=1S/C26H44O4.C21H34O5.C18H30O2.C16H26O3.C14H20O4.C13H24O2.C10H16O4/c1-5-25(4,17-28-18-29-22-9-7-6-8-10-22)23(27)30-24(2,3)26-14-19-11-20(15-26)13-21(12-19)16-26;1-7-19(5,6)16(22)24-20-9-14-8-15(10-20)12-21(11-14,13-20)26-17(23)25-18(2,3)4;1-5-17(3,4)16(19)20-18(6-2)14-8-12-7-13(10-14)11-15(18)9-12;1-4-14(2,3)13(17)19-16-8-11-5-12(9-16)7-15(18,6-11)10-16;1-4-14(2,3)13(16)18-10-7-5-8-9(6-7)12(15)17-11(8)10;1-5-12(3,4)11(14)15-13(6-2)9-7-8-10-13;1-4-10(2,3)9(12)14-7-5-6-13-8(7)11/h19-22H,5-18H2,1-4H3;14-15H,7-13H2,1-6H3;12-15H,5-11H2,1-4H3;11-12,18H,4-10H2,1-3H3;7-11H,4-6H2,1-3H3;5-10H2,1-4H3;7H,4-6H2,1-3H3. The molecule has 2 heterocycles. The Balaban J connectivity index is 0.000000150. The maximum Gasteiger partial charge on any atom is 0.509 e. The van der Waals surface area contributed by atoms with Crippen LogP contribution in [0.15, 0.2) is 0 Å². The Labute approximate surface area is 854 Å². The summed E-state index contributed by atoms with van der Waals surface area (Å²) in [7, 11) is 0. The molecular weight excluding hydrogens is 1800 g/mol. The van der Waals surface area contributed by atoms with Gasteiger partial charge in [0.05, 0.1) is 68.7 Å². The van der Waals surface area contributed by atoms with E-state index in [9.17, 15) is 53.1 Å². The van der Waals surface area contributed by atoms with Gasteiger partial charge in [0.25, 0.3) is 0 Å². The molecule has 0 spiro atoms. The van der Waals surface area contributed by atoms with Crippen molar-refractivity contribution in [2.24, 2.45) is 126 Å². The van der Waals surface area contributed by atoms with Crippen molar-refractivity contribution in [3.63, 3.8) is 0 Å². The zero-order valence-electron chi connectivity index (χ0n) is 93.5. The normalized spacial score (nSPS) is 35.6. The summed E-state index contributed by atoms with van der Waals surface area (Å²) in [5.74, 6) is 7.13. The van der Waals surface area contributed by atoms with E-state index in [2.05, 4.69) is 41.5 Å². The summed E-state index contributed by atoms with van der Waals surface area (Å²) in [6, 6.07) is 0. The van der Waals surface area contributed by atoms with Gasteiger partial charge in [0.2, 0.25) is 6.10 Å². The van der Waals surface area contributed by atoms with E-state index >= 15 is 0 Å². The first-order valence-electron chi connectivity index (χ1n) is 56.9. The number of hydrogen-bond donors (Lipinski definition) is 1. The van der Waals surface area contributed by atoms with Gasteiger partial charge in [0.1, 0.15) is 58.2 Å². The second-order valence-corrected chi connectivity index (χ2v) is 54.6. The smallest absolute Gasteiger partial charge is 0.463 e. The van der Waals surface area contributed by atoms with Gasteiger partial charge in [0, 0.05) is 36.5 Å². The highest BCUT2D eigenvalue weighted by atomic mass is 16.7. The number of carbonyl (C=O) groups is 10. The third-order valence-electron chi connectivity index (χ3n) is 39.8. The van der Waals surface area contributed by atoms with Crippen LogP contribution in [0.1, 0.15) is 469 Å². The highest BCUT2D eigenvalue weighted by Gasteiger charge is 2.67. The number of fused-ring (bicyclic) bond motifs is 1. The fourth-order valence-electron chi connectivity index (χ4n) is 29.0. The minimum Gasteiger partial charge on any atom is -0.463 e. The van der Waals surface area contributed by atoms with Gasteiger partial charge in [0.15, 0.2) is 0 Å². The van der Waals surface area contributed by atoms with E-state index in [-0.39, 0.29) is 106 Å². The van der Waals surface area contributed by atoms with Crippen molar-refractivity contribution in [2.45, 2.75) is 539 Å². The maximum atomic E-state index is 13.4. The lowest BCUT2D eigenvalue weighted by atomic mass is 9.46. The molecule has 11 unspecified atom stereocenters. The van der Waals surface area contributed by atoms with Crippen molar-refractivity contribution in [1.82, 2.24) is 0 Å². The number of rotatable bonds is 30. The van der Waals surface area contributed by atoms with E-state index < -0.39 is 73.3 Å². The number of hydrogen-bond acceptors (Lipinski definition) is 24. The van der Waals surface area contributed by atoms with Gasteiger partial charge >= 0.3 is 59.9 Å². The second kappa shape index (κ2) is 44.5. The van der Waals surface area contributed by atoms with E-state index in [4.69, 9.17) is 61.6 Å². The van der Waals surface area contributed by atoms with Gasteiger partial charge in [-0.05, 0) is 434 Å². The molecule has 0 radical (unpaired) electrons. The zero-order chi connectivity index (χ0) is 105. The van der Waals surface area contributed by atoms with Crippen molar-refractivity contribution in [1.29, 1.82) is 0 Å². The highest BCUT2D eigenvalue weighted by Crippen LogP contribution is 2.67. The van der Waals surface area contributed by atoms with Gasteiger partial charge in [-0.2, -0.15) is 0 Å². The molecule has 11 atom stereocenters. The number of aliphatic hydroxyl groups is 1. The summed E-state index contributed by atoms with van der Waals surface area (Å²) in [6.45, 7) is 54.5. The number of esters is 9. The minimum atomic E-state index is -0.687. The Morgan fingerprint density at radius 1 is 0.394 bits per heavy atom. The molecule has 810 valence electrons. The van der Waals surface area contributed by atoms with Gasteiger partial charge < -0.3 is 66.7 Å². The van der Waals surface area contributed by atoms with Gasteiger partial charge in [-0.1, -0.05) is 81.6 Å². The summed E-state index contributed by atoms with van der Waals surface area (Å²) < 4.78 is 74.4. The lowest BCUT2D eigenvalue weighted by molar-refractivity contribution is -0.230. The van der Waals surface area contributed by atoms with E-state index in [1.54, 1.807) is 13.8 Å². The van der Waals surface area contributed by atoms with Crippen molar-refractivity contribution < 1.29 is 115 Å². The molecule has 0 amide bonds. The van der Waals surface area contributed by atoms with Crippen LogP contribution in [-0.4, -0.2) is 154 Å². The predicted octanol–water partition coefficient (Wildman–Crippen LogP) is 25.8. The molecule has 22 aliphatic rings. The summed E-state index contributed by atoms with van der Waals surface area (Å²) in [4.78, 5) is 122. The van der Waals surface area contributed by atoms with Crippen LogP contribution in [0.25, 0.3) is 0 Å². The molecule has 18 bridgehead atoms. The van der Waals surface area contributed by atoms with Crippen LogP contribution in [-0.2, 0) is 105 Å². The fraction of sp³-hybridized carbons (Fsp3) is 0.915. The Bertz CT molecular complexity index is 4260. The SMILES string of the molecule is CCC(C)(C)C(=O)OC1(CC)C2CC3CC(C2)CC1C3.CCC(C)(C)C(=O)OC12CC3CC(CC(O)(C3)C1)C2.CCC(C)(C)C(=O)OC12CC3CC(CC(OC(=O)OC(C)(C)C)(C3)C1)C2.CCC(C)(C)C(=O)OC1C2CC3C(=O)OC1C3C2.CCC(C)(C)C(=O)OC1CCOC1=O.CCC(C)(COCOC1CCCCC1)C(=O)OC(C)(C)C12CC3CC(CC(C3)C1)C2.CCC1(OC(=O)C(C)(C)CC)CCCC1. The Morgan fingerprint density at radius 2 is 0.817 bits per heavy atom. The predicted molar refractivity (Wildman–Crippen MR) is 543 cm³/mol. The number of carbonyl (C=O) groups excluding carboxylic acids is 10. The summed E-state index contributed by atoms with van der Waals surface area (Å²) in [6.07, 6.45) is 44.5. The van der Waals surface area contributed by atoms with E-state index in [1.807, 2.05) is 132 Å². The molecule has 0 aromatic heterocycles. The topological polar surface area (TPSA) is 311 Å². The molecule has 24 nitrogen and oxygen atoms in total. The molecule has 2 aliphatic heterocycles. The molecule has 22 rings (SSSR count). The zero-order valence-corrected chi connectivity index (χ0v) is 93.5. The molecule has 0 aromatic carbocycles. The third-order valence-corrected chi connectivity index (χ3v) is 39.8. The lowest BCUT2D eigenvalue weighted by Gasteiger charge is -2.61. The summed E-state index contributed by atoms with van der Waals surface area (Å²) >= 11 is 0. The van der Waals surface area contributed by atoms with E-state index in [1.165, 1.54) is 109 Å². The van der Waals surface area contributed by atoms with Gasteiger partial charge in [-0.15, -0.1) is 0 Å². The van der Waals surface area contributed by atoms with Crippen LogP contribution in [0, 0.1) is 126 Å². The molecule has 20 saturated carbocycles. The third kappa shape index (κ3) is 26.3. The average molecular weight is 2000 g/mol. The largest absolute Gasteiger partial charge is 0.509 e. The average Bonchev–Trinajstić information content (AvgIpc) is 0.890. The molecule has 20 aliphatic carbocycles. The Morgan fingerprint density at radius 3 is 1.25 bits per heavy atom. The molecule has 22 fully saturated rings. The molecule has 2 saturated heterocycles. The maximum absolute atomic E-state index is 13.4. The Hall–Kier alpha value is -5.62. The van der Waals surface area contributed by atoms with E-state index in [0.29, 0.717) is 98.8 Å². The highest BCUT2D eigenvalue weighted by molar-refractivity contribution is 5.83. The minimum absolute atomic E-state index is 0.0197. The van der Waals surface area contributed by atoms with Gasteiger partial charge in [-0.3, -0.25) is 38.4 Å². The molecular formula is C118H194O24. The van der Waals surface area contributed by atoms with Crippen LogP contribution in [0.5, 0.6) is 0 Å². The van der Waals surface area contributed by atoms with Crippen LogP contribution in [0.4, 0.5) is 4.79 Å².